The molecule has 162 valence electrons. The van der Waals surface area contributed by atoms with Crippen molar-refractivity contribution in [3.63, 3.8) is 0 Å². The lowest BCUT2D eigenvalue weighted by Crippen LogP contribution is -2.47. The molecule has 2 heterocycles. The minimum absolute atomic E-state index is 0.0755. The maximum absolute atomic E-state index is 12.9. The van der Waals surface area contributed by atoms with E-state index in [-0.39, 0.29) is 17.7 Å². The fourth-order valence-corrected chi connectivity index (χ4v) is 3.46. The summed E-state index contributed by atoms with van der Waals surface area (Å²) in [6, 6.07) is 15.9. The van der Waals surface area contributed by atoms with Gasteiger partial charge in [0.1, 0.15) is 6.04 Å². The highest BCUT2D eigenvalue weighted by molar-refractivity contribution is 6.01. The van der Waals surface area contributed by atoms with E-state index >= 15 is 0 Å². The number of nitrogens with one attached hydrogen (secondary N) is 2. The summed E-state index contributed by atoms with van der Waals surface area (Å²) >= 11 is 0. The highest BCUT2D eigenvalue weighted by Gasteiger charge is 2.25. The van der Waals surface area contributed by atoms with Gasteiger partial charge in [-0.15, -0.1) is 0 Å². The number of carbonyl (C=O) groups is 2. The Labute approximate surface area is 186 Å². The lowest BCUT2D eigenvalue weighted by molar-refractivity contribution is -0.118. The van der Waals surface area contributed by atoms with Crippen LogP contribution >= 0.6 is 0 Å². The summed E-state index contributed by atoms with van der Waals surface area (Å²) in [5.74, 6) is 0.0292. The predicted octanol–water partition coefficient (Wildman–Crippen LogP) is 4.10. The molecule has 0 aliphatic carbocycles. The van der Waals surface area contributed by atoms with Crippen LogP contribution in [0, 0.1) is 12.8 Å². The third kappa shape index (κ3) is 4.67. The van der Waals surface area contributed by atoms with Gasteiger partial charge in [-0.3, -0.25) is 14.0 Å². The molecule has 2 N–H and O–H groups in total. The first-order chi connectivity index (χ1) is 15.4. The molecule has 2 amide bonds. The predicted molar refractivity (Wildman–Crippen MR) is 124 cm³/mol. The Bertz CT molecular complexity index is 1230. The molecule has 0 radical (unpaired) electrons. The molecule has 1 unspecified atom stereocenters. The number of aromatic nitrogens is 3. The van der Waals surface area contributed by atoms with E-state index in [1.807, 2.05) is 80.0 Å². The van der Waals surface area contributed by atoms with E-state index in [1.165, 1.54) is 0 Å². The van der Waals surface area contributed by atoms with Crippen LogP contribution < -0.4 is 10.6 Å². The van der Waals surface area contributed by atoms with Crippen LogP contribution in [0.5, 0.6) is 0 Å². The molecule has 0 bridgehead atoms. The molecule has 0 fully saturated rings. The van der Waals surface area contributed by atoms with Crippen LogP contribution in [0.2, 0.25) is 0 Å². The average Bonchev–Trinajstić information content (AvgIpc) is 3.22. The van der Waals surface area contributed by atoms with Crippen LogP contribution in [0.1, 0.15) is 29.8 Å². The largest absolute Gasteiger partial charge is 0.340 e. The third-order valence-electron chi connectivity index (χ3n) is 5.20. The van der Waals surface area contributed by atoms with Gasteiger partial charge in [0.15, 0.2) is 0 Å². The standard InChI is InChI=1S/C25H25N5O2/c1-16(2)22(29-23(31)19-7-4-6-17(3)14-19)24(32)27-20-10-8-18(9-11-20)21-15-30-13-5-12-26-25(30)28-21/h4-16,22H,1-3H3,(H,27,32)(H,29,31). The Balaban J connectivity index is 1.45. The average molecular weight is 428 g/mol. The van der Waals surface area contributed by atoms with Crippen LogP contribution in [0.3, 0.4) is 0 Å². The number of rotatable bonds is 6. The van der Waals surface area contributed by atoms with Gasteiger partial charge in [-0.25, -0.2) is 9.97 Å². The van der Waals surface area contributed by atoms with E-state index in [2.05, 4.69) is 20.6 Å². The second-order valence-corrected chi connectivity index (χ2v) is 8.08. The minimum Gasteiger partial charge on any atom is -0.340 e. The maximum atomic E-state index is 12.9. The normalized spacial score (nSPS) is 12.0. The molecule has 2 aromatic heterocycles. The SMILES string of the molecule is Cc1cccc(C(=O)NC(C(=O)Nc2ccc(-c3cn4cccnc4n3)cc2)C(C)C)c1. The lowest BCUT2D eigenvalue weighted by Gasteiger charge is -2.22. The molecule has 0 aliphatic heterocycles. The number of anilines is 1. The molecule has 1 atom stereocenters. The Morgan fingerprint density at radius 3 is 2.50 bits per heavy atom. The highest BCUT2D eigenvalue weighted by atomic mass is 16.2. The van der Waals surface area contributed by atoms with Crippen LogP contribution in [-0.2, 0) is 4.79 Å². The van der Waals surface area contributed by atoms with Gasteiger partial charge in [0.25, 0.3) is 5.91 Å². The van der Waals surface area contributed by atoms with Crippen molar-refractivity contribution in [2.75, 3.05) is 5.32 Å². The molecule has 0 spiro atoms. The fourth-order valence-electron chi connectivity index (χ4n) is 3.46. The molecule has 0 saturated carbocycles. The maximum Gasteiger partial charge on any atom is 0.251 e. The van der Waals surface area contributed by atoms with Crippen LogP contribution in [-0.4, -0.2) is 32.2 Å². The van der Waals surface area contributed by atoms with Crippen molar-refractivity contribution in [2.45, 2.75) is 26.8 Å². The van der Waals surface area contributed by atoms with Crippen molar-refractivity contribution in [2.24, 2.45) is 5.92 Å². The first-order valence-corrected chi connectivity index (χ1v) is 10.5. The number of fused-ring (bicyclic) bond motifs is 1. The van der Waals surface area contributed by atoms with Crippen molar-refractivity contribution < 1.29 is 9.59 Å². The second-order valence-electron chi connectivity index (χ2n) is 8.08. The molecule has 4 aromatic rings. The summed E-state index contributed by atoms with van der Waals surface area (Å²) in [5.41, 5.74) is 3.89. The molecule has 0 saturated heterocycles. The Kier molecular flexibility index (Phi) is 5.98. The quantitative estimate of drug-likeness (QED) is 0.485. The number of nitrogens with zero attached hydrogens (tertiary/aromatic N) is 3. The monoisotopic (exact) mass is 427 g/mol. The van der Waals surface area contributed by atoms with E-state index in [4.69, 9.17) is 0 Å². The van der Waals surface area contributed by atoms with Gasteiger partial charge in [-0.05, 0) is 43.2 Å². The van der Waals surface area contributed by atoms with Gasteiger partial charge in [-0.2, -0.15) is 0 Å². The number of imidazole rings is 1. The Morgan fingerprint density at radius 2 is 1.81 bits per heavy atom. The number of carbonyl (C=O) groups excluding carboxylic acids is 2. The molecule has 7 nitrogen and oxygen atoms in total. The first kappa shape index (κ1) is 21.2. The number of amides is 2. The second kappa shape index (κ2) is 9.01. The topological polar surface area (TPSA) is 88.4 Å². The molecule has 7 heteroatoms. The number of hydrogen-bond donors (Lipinski definition) is 2. The molecule has 0 aliphatic rings. The van der Waals surface area contributed by atoms with Gasteiger partial charge >= 0.3 is 0 Å². The minimum atomic E-state index is -0.660. The van der Waals surface area contributed by atoms with Gasteiger partial charge in [-0.1, -0.05) is 43.7 Å². The highest BCUT2D eigenvalue weighted by Crippen LogP contribution is 2.21. The van der Waals surface area contributed by atoms with E-state index < -0.39 is 6.04 Å². The zero-order valence-corrected chi connectivity index (χ0v) is 18.2. The molecular formula is C25H25N5O2. The summed E-state index contributed by atoms with van der Waals surface area (Å²) in [5, 5.41) is 5.77. The van der Waals surface area contributed by atoms with Crippen molar-refractivity contribution in [1.82, 2.24) is 19.7 Å². The summed E-state index contributed by atoms with van der Waals surface area (Å²) < 4.78 is 1.86. The van der Waals surface area contributed by atoms with Gasteiger partial charge in [0, 0.05) is 35.4 Å². The zero-order valence-electron chi connectivity index (χ0n) is 18.2. The van der Waals surface area contributed by atoms with Crippen molar-refractivity contribution in [3.05, 3.63) is 84.3 Å². The van der Waals surface area contributed by atoms with Gasteiger partial charge < -0.3 is 10.6 Å². The van der Waals surface area contributed by atoms with Crippen LogP contribution in [0.4, 0.5) is 5.69 Å². The first-order valence-electron chi connectivity index (χ1n) is 10.5. The van der Waals surface area contributed by atoms with Crippen LogP contribution in [0.15, 0.2) is 73.2 Å². The van der Waals surface area contributed by atoms with Crippen molar-refractivity contribution in [1.29, 1.82) is 0 Å². The summed E-state index contributed by atoms with van der Waals surface area (Å²) in [7, 11) is 0. The molecule has 2 aromatic carbocycles. The zero-order chi connectivity index (χ0) is 22.7. The number of benzene rings is 2. The molecule has 32 heavy (non-hydrogen) atoms. The molecule has 4 rings (SSSR count). The summed E-state index contributed by atoms with van der Waals surface area (Å²) in [6.45, 7) is 5.73. The smallest absolute Gasteiger partial charge is 0.251 e. The Hall–Kier alpha value is -4.00. The van der Waals surface area contributed by atoms with E-state index in [9.17, 15) is 9.59 Å². The van der Waals surface area contributed by atoms with Gasteiger partial charge in [0.05, 0.1) is 5.69 Å². The summed E-state index contributed by atoms with van der Waals surface area (Å²) in [4.78, 5) is 34.3. The number of aryl methyl sites for hydroxylation is 1. The van der Waals surface area contributed by atoms with Crippen LogP contribution in [0.25, 0.3) is 17.0 Å². The van der Waals surface area contributed by atoms with E-state index in [0.29, 0.717) is 17.0 Å². The van der Waals surface area contributed by atoms with E-state index in [0.717, 1.165) is 16.8 Å². The number of hydrogen-bond acceptors (Lipinski definition) is 4. The molecular weight excluding hydrogens is 402 g/mol. The van der Waals surface area contributed by atoms with Crippen molar-refractivity contribution >= 4 is 23.3 Å². The van der Waals surface area contributed by atoms with Crippen molar-refractivity contribution in [3.8, 4) is 11.3 Å². The van der Waals surface area contributed by atoms with E-state index in [1.54, 1.807) is 18.3 Å². The third-order valence-corrected chi connectivity index (χ3v) is 5.20. The fraction of sp³-hybridized carbons (Fsp3) is 0.200. The summed E-state index contributed by atoms with van der Waals surface area (Å²) in [6.07, 6.45) is 5.50. The lowest BCUT2D eigenvalue weighted by atomic mass is 10.0. The van der Waals surface area contributed by atoms with Gasteiger partial charge in [0.2, 0.25) is 11.7 Å². The Morgan fingerprint density at radius 1 is 1.03 bits per heavy atom.